The Morgan fingerprint density at radius 2 is 1.48 bits per heavy atom. The second kappa shape index (κ2) is 8.10. The monoisotopic (exact) mass is 426 g/mol. The van der Waals surface area contributed by atoms with E-state index in [-0.39, 0.29) is 0 Å². The molecule has 5 rings (SSSR count). The Hall–Kier alpha value is -3.28. The van der Waals surface area contributed by atoms with Gasteiger partial charge in [-0.15, -0.1) is 0 Å². The minimum Gasteiger partial charge on any atom is -0.256 e. The van der Waals surface area contributed by atoms with Crippen molar-refractivity contribution in [3.8, 4) is 0 Å². The first-order chi connectivity index (χ1) is 15.1. The fraction of sp³-hybridized carbons (Fsp3) is 0.115. The van der Waals surface area contributed by atoms with E-state index in [1.165, 1.54) is 5.56 Å². The summed E-state index contributed by atoms with van der Waals surface area (Å²) in [5.74, 6) is 0. The predicted octanol–water partition coefficient (Wildman–Crippen LogP) is 5.34. The van der Waals surface area contributed by atoms with Gasteiger partial charge >= 0.3 is 0 Å². The van der Waals surface area contributed by atoms with Crippen LogP contribution in [0.3, 0.4) is 0 Å². The average Bonchev–Trinajstić information content (AvgIpc) is 2.82. The van der Waals surface area contributed by atoms with Gasteiger partial charge in [-0.3, -0.25) is 4.99 Å². The number of nitrogens with zero attached hydrogens (tertiary/aromatic N) is 2. The molecule has 0 aromatic heterocycles. The van der Waals surface area contributed by atoms with Gasteiger partial charge in [0.25, 0.3) is 0 Å². The van der Waals surface area contributed by atoms with Crippen molar-refractivity contribution >= 4 is 32.7 Å². The summed E-state index contributed by atoms with van der Waals surface area (Å²) in [4.78, 5) is 4.86. The van der Waals surface area contributed by atoms with E-state index in [1.807, 2.05) is 48.7 Å². The van der Waals surface area contributed by atoms with Crippen LogP contribution >= 0.6 is 0 Å². The molecule has 4 aromatic rings. The Kier molecular flexibility index (Phi) is 5.14. The standard InChI is InChI=1S/C26H22N2O2S/c29-31(30,28-17-16-20-6-1-2-8-23(20)19-28)25-14-12-24(13-15-25)27-18-22-10-5-9-21-7-3-4-11-26(21)22/h1-15,18H,16-17,19H2. The van der Waals surface area contributed by atoms with E-state index in [1.54, 1.807) is 28.6 Å². The smallest absolute Gasteiger partial charge is 0.243 e. The van der Waals surface area contributed by atoms with Crippen molar-refractivity contribution in [2.24, 2.45) is 4.99 Å². The average molecular weight is 427 g/mol. The van der Waals surface area contributed by atoms with Gasteiger partial charge < -0.3 is 0 Å². The number of hydrogen-bond acceptors (Lipinski definition) is 3. The van der Waals surface area contributed by atoms with Crippen molar-refractivity contribution in [1.82, 2.24) is 4.31 Å². The van der Waals surface area contributed by atoms with Crippen LogP contribution in [-0.2, 0) is 23.0 Å². The van der Waals surface area contributed by atoms with E-state index in [0.29, 0.717) is 18.0 Å². The lowest BCUT2D eigenvalue weighted by Crippen LogP contribution is -2.35. The zero-order valence-corrected chi connectivity index (χ0v) is 17.8. The molecule has 0 aliphatic carbocycles. The Balaban J connectivity index is 1.37. The minimum absolute atomic E-state index is 0.302. The molecule has 31 heavy (non-hydrogen) atoms. The summed E-state index contributed by atoms with van der Waals surface area (Å²) in [7, 11) is -3.54. The fourth-order valence-electron chi connectivity index (χ4n) is 4.04. The molecule has 0 unspecified atom stereocenters. The molecule has 0 N–H and O–H groups in total. The van der Waals surface area contributed by atoms with Gasteiger partial charge in [-0.1, -0.05) is 66.7 Å². The highest BCUT2D eigenvalue weighted by Gasteiger charge is 2.28. The number of hydrogen-bond donors (Lipinski definition) is 0. The van der Waals surface area contributed by atoms with E-state index < -0.39 is 10.0 Å². The van der Waals surface area contributed by atoms with Gasteiger partial charge in [-0.25, -0.2) is 8.42 Å². The lowest BCUT2D eigenvalue weighted by molar-refractivity contribution is 0.391. The van der Waals surface area contributed by atoms with Gasteiger partial charge in [0.15, 0.2) is 0 Å². The van der Waals surface area contributed by atoms with Gasteiger partial charge in [0.2, 0.25) is 10.0 Å². The Labute approximate surface area is 182 Å². The van der Waals surface area contributed by atoms with Crippen LogP contribution in [0.1, 0.15) is 16.7 Å². The molecule has 1 heterocycles. The van der Waals surface area contributed by atoms with Crippen LogP contribution in [0.4, 0.5) is 5.69 Å². The van der Waals surface area contributed by atoms with Crippen LogP contribution in [-0.4, -0.2) is 25.5 Å². The largest absolute Gasteiger partial charge is 0.256 e. The van der Waals surface area contributed by atoms with Gasteiger partial charge in [0, 0.05) is 24.9 Å². The first kappa shape index (κ1) is 19.7. The van der Waals surface area contributed by atoms with Gasteiger partial charge in [0.1, 0.15) is 0 Å². The molecular formula is C26H22N2O2S. The topological polar surface area (TPSA) is 49.7 Å². The highest BCUT2D eigenvalue weighted by molar-refractivity contribution is 7.89. The SMILES string of the molecule is O=S(=O)(c1ccc(N=Cc2cccc3ccccc23)cc1)N1CCc2ccccc2C1. The van der Waals surface area contributed by atoms with Gasteiger partial charge in [0.05, 0.1) is 10.6 Å². The number of aliphatic imine (C=N–C) groups is 1. The molecule has 5 heteroatoms. The number of benzene rings is 4. The van der Waals surface area contributed by atoms with Crippen LogP contribution in [0, 0.1) is 0 Å². The summed E-state index contributed by atoms with van der Waals surface area (Å²) in [6.45, 7) is 0.916. The molecule has 0 atom stereocenters. The number of rotatable bonds is 4. The van der Waals surface area contributed by atoms with Crippen LogP contribution < -0.4 is 0 Å². The second-order valence-electron chi connectivity index (χ2n) is 7.68. The van der Waals surface area contributed by atoms with Crippen LogP contribution in [0.25, 0.3) is 10.8 Å². The maximum atomic E-state index is 13.1. The maximum Gasteiger partial charge on any atom is 0.243 e. The summed E-state index contributed by atoms with van der Waals surface area (Å²) in [6, 6.07) is 29.1. The molecule has 0 spiro atoms. The molecule has 0 saturated carbocycles. The molecule has 0 radical (unpaired) electrons. The zero-order chi connectivity index (χ0) is 21.3. The second-order valence-corrected chi connectivity index (χ2v) is 9.62. The molecule has 1 aliphatic rings. The van der Waals surface area contributed by atoms with Crippen LogP contribution in [0.5, 0.6) is 0 Å². The predicted molar refractivity (Wildman–Crippen MR) is 125 cm³/mol. The normalized spacial score (nSPS) is 14.7. The summed E-state index contributed by atoms with van der Waals surface area (Å²) in [5, 5.41) is 2.30. The molecule has 1 aliphatic heterocycles. The van der Waals surface area contributed by atoms with Crippen molar-refractivity contribution in [3.05, 3.63) is 108 Å². The number of fused-ring (bicyclic) bond motifs is 2. The quantitative estimate of drug-likeness (QED) is 0.414. The molecule has 0 saturated heterocycles. The summed E-state index contributed by atoms with van der Waals surface area (Å²) < 4.78 is 27.8. The lowest BCUT2D eigenvalue weighted by atomic mass is 10.0. The molecule has 4 aromatic carbocycles. The summed E-state index contributed by atoms with van der Waals surface area (Å²) >= 11 is 0. The first-order valence-corrected chi connectivity index (χ1v) is 11.7. The van der Waals surface area contributed by atoms with E-state index >= 15 is 0 Å². The summed E-state index contributed by atoms with van der Waals surface area (Å²) in [5.41, 5.74) is 4.05. The van der Waals surface area contributed by atoms with Crippen LogP contribution in [0.2, 0.25) is 0 Å². The Morgan fingerprint density at radius 1 is 0.774 bits per heavy atom. The van der Waals surface area contributed by atoms with Gasteiger partial charge in [-0.05, 0) is 52.6 Å². The third-order valence-electron chi connectivity index (χ3n) is 5.75. The molecule has 0 amide bonds. The lowest BCUT2D eigenvalue weighted by Gasteiger charge is -2.28. The van der Waals surface area contributed by atoms with E-state index in [2.05, 4.69) is 29.3 Å². The molecule has 0 fully saturated rings. The van der Waals surface area contributed by atoms with Crippen molar-refractivity contribution in [2.45, 2.75) is 17.9 Å². The van der Waals surface area contributed by atoms with Crippen LogP contribution in [0.15, 0.2) is 101 Å². The number of sulfonamides is 1. The minimum atomic E-state index is -3.54. The third-order valence-corrected chi connectivity index (χ3v) is 7.61. The Bertz CT molecular complexity index is 1370. The third kappa shape index (κ3) is 3.90. The first-order valence-electron chi connectivity index (χ1n) is 10.3. The maximum absolute atomic E-state index is 13.1. The van der Waals surface area contributed by atoms with Crippen molar-refractivity contribution in [2.75, 3.05) is 6.54 Å². The summed E-state index contributed by atoms with van der Waals surface area (Å²) in [6.07, 6.45) is 2.57. The molecule has 4 nitrogen and oxygen atoms in total. The van der Waals surface area contributed by atoms with Gasteiger partial charge in [-0.2, -0.15) is 4.31 Å². The van der Waals surface area contributed by atoms with E-state index in [9.17, 15) is 8.42 Å². The van der Waals surface area contributed by atoms with E-state index in [4.69, 9.17) is 0 Å². The van der Waals surface area contributed by atoms with Crippen molar-refractivity contribution in [3.63, 3.8) is 0 Å². The molecule has 154 valence electrons. The highest BCUT2D eigenvalue weighted by Crippen LogP contribution is 2.26. The molecule has 0 bridgehead atoms. The molecular weight excluding hydrogens is 404 g/mol. The van der Waals surface area contributed by atoms with Crippen molar-refractivity contribution in [1.29, 1.82) is 0 Å². The fourth-order valence-corrected chi connectivity index (χ4v) is 5.45. The zero-order valence-electron chi connectivity index (χ0n) is 17.0. The van der Waals surface area contributed by atoms with E-state index in [0.717, 1.165) is 34.0 Å². The Morgan fingerprint density at radius 3 is 2.32 bits per heavy atom. The van der Waals surface area contributed by atoms with Crippen molar-refractivity contribution < 1.29 is 8.42 Å². The highest BCUT2D eigenvalue weighted by atomic mass is 32.2.